The number of benzene rings is 1. The van der Waals surface area contributed by atoms with E-state index in [4.69, 9.17) is 0 Å². The standard InChI is InChI=1S/C17H25N3O/c1-12-10-20(11-16(12)19(2)3)17(21)14-5-4-13-6-7-18-9-15(13)8-14/h4-5,8,12,16,18H,6-7,9-11H2,1-3H3. The number of carbonyl (C=O) groups is 1. The van der Waals surface area contributed by atoms with Crippen LogP contribution in [0, 0.1) is 5.92 Å². The van der Waals surface area contributed by atoms with Gasteiger partial charge >= 0.3 is 0 Å². The van der Waals surface area contributed by atoms with Gasteiger partial charge in [0.25, 0.3) is 5.91 Å². The monoisotopic (exact) mass is 287 g/mol. The lowest BCUT2D eigenvalue weighted by molar-refractivity contribution is 0.0781. The Labute approximate surface area is 127 Å². The highest BCUT2D eigenvalue weighted by Crippen LogP contribution is 2.23. The Bertz CT molecular complexity index is 541. The number of likely N-dealkylation sites (tertiary alicyclic amines) is 1. The summed E-state index contributed by atoms with van der Waals surface area (Å²) in [5.74, 6) is 0.711. The van der Waals surface area contributed by atoms with Gasteiger partial charge in [-0.05, 0) is 56.2 Å². The molecule has 0 saturated carbocycles. The predicted octanol–water partition coefficient (Wildman–Crippen LogP) is 1.35. The van der Waals surface area contributed by atoms with Crippen LogP contribution in [-0.4, -0.2) is 55.5 Å². The van der Waals surface area contributed by atoms with E-state index in [1.54, 1.807) is 0 Å². The third-order valence-corrected chi connectivity index (χ3v) is 4.86. The number of nitrogens with one attached hydrogen (secondary N) is 1. The van der Waals surface area contributed by atoms with Crippen LogP contribution in [0.5, 0.6) is 0 Å². The smallest absolute Gasteiger partial charge is 0.253 e. The number of rotatable bonds is 2. The molecule has 2 heterocycles. The summed E-state index contributed by atoms with van der Waals surface area (Å²) in [7, 11) is 4.19. The van der Waals surface area contributed by atoms with Crippen LogP contribution in [0.25, 0.3) is 0 Å². The topological polar surface area (TPSA) is 35.6 Å². The first kappa shape index (κ1) is 14.5. The minimum absolute atomic E-state index is 0.180. The SMILES string of the molecule is CC1CN(C(=O)c2ccc3c(c2)CNCC3)CC1N(C)C. The van der Waals surface area contributed by atoms with Gasteiger partial charge < -0.3 is 15.1 Å². The molecule has 2 unspecified atom stereocenters. The molecule has 1 aromatic carbocycles. The summed E-state index contributed by atoms with van der Waals surface area (Å²) in [6.45, 7) is 5.84. The van der Waals surface area contributed by atoms with Gasteiger partial charge in [-0.1, -0.05) is 13.0 Å². The summed E-state index contributed by atoms with van der Waals surface area (Å²) in [4.78, 5) is 17.0. The first-order valence-corrected chi connectivity index (χ1v) is 7.84. The van der Waals surface area contributed by atoms with E-state index in [-0.39, 0.29) is 5.91 Å². The van der Waals surface area contributed by atoms with Crippen LogP contribution in [0.15, 0.2) is 18.2 Å². The summed E-state index contributed by atoms with van der Waals surface area (Å²) in [5.41, 5.74) is 3.50. The van der Waals surface area contributed by atoms with Crippen molar-refractivity contribution in [3.63, 3.8) is 0 Å². The molecular formula is C17H25N3O. The molecular weight excluding hydrogens is 262 g/mol. The second kappa shape index (κ2) is 5.78. The normalized spacial score (nSPS) is 25.2. The summed E-state index contributed by atoms with van der Waals surface area (Å²) < 4.78 is 0. The van der Waals surface area contributed by atoms with Crippen molar-refractivity contribution in [2.24, 2.45) is 5.92 Å². The summed E-state index contributed by atoms with van der Waals surface area (Å²) in [6, 6.07) is 6.68. The Morgan fingerprint density at radius 3 is 2.81 bits per heavy atom. The first-order valence-electron chi connectivity index (χ1n) is 7.84. The molecule has 2 atom stereocenters. The Kier molecular flexibility index (Phi) is 4.00. The molecule has 0 aliphatic carbocycles. The zero-order chi connectivity index (χ0) is 15.0. The van der Waals surface area contributed by atoms with E-state index in [1.807, 2.05) is 11.0 Å². The molecule has 4 nitrogen and oxygen atoms in total. The van der Waals surface area contributed by atoms with Crippen molar-refractivity contribution < 1.29 is 4.79 Å². The molecule has 1 fully saturated rings. The van der Waals surface area contributed by atoms with Gasteiger partial charge in [0.2, 0.25) is 0 Å². The van der Waals surface area contributed by atoms with Crippen molar-refractivity contribution in [3.05, 3.63) is 34.9 Å². The lowest BCUT2D eigenvalue weighted by atomic mass is 9.98. The minimum atomic E-state index is 0.180. The van der Waals surface area contributed by atoms with Crippen LogP contribution in [0.3, 0.4) is 0 Å². The third-order valence-electron chi connectivity index (χ3n) is 4.86. The van der Waals surface area contributed by atoms with E-state index in [9.17, 15) is 4.79 Å². The molecule has 4 heteroatoms. The van der Waals surface area contributed by atoms with Gasteiger partial charge in [-0.2, -0.15) is 0 Å². The lowest BCUT2D eigenvalue weighted by Gasteiger charge is -2.23. The minimum Gasteiger partial charge on any atom is -0.337 e. The third kappa shape index (κ3) is 2.83. The molecule has 0 bridgehead atoms. The predicted molar refractivity (Wildman–Crippen MR) is 84.4 cm³/mol. The van der Waals surface area contributed by atoms with E-state index >= 15 is 0 Å². The summed E-state index contributed by atoms with van der Waals surface area (Å²) >= 11 is 0. The number of hydrogen-bond donors (Lipinski definition) is 1. The van der Waals surface area contributed by atoms with Crippen LogP contribution in [0.1, 0.15) is 28.4 Å². The second-order valence-electron chi connectivity index (χ2n) is 6.63. The van der Waals surface area contributed by atoms with Crippen molar-refractivity contribution in [2.45, 2.75) is 25.9 Å². The van der Waals surface area contributed by atoms with Gasteiger partial charge in [0.1, 0.15) is 0 Å². The molecule has 21 heavy (non-hydrogen) atoms. The summed E-state index contributed by atoms with van der Waals surface area (Å²) in [5, 5.41) is 3.37. The van der Waals surface area contributed by atoms with E-state index < -0.39 is 0 Å². The average Bonchev–Trinajstić information content (AvgIpc) is 2.88. The molecule has 2 aliphatic rings. The van der Waals surface area contributed by atoms with Crippen LogP contribution in [0.2, 0.25) is 0 Å². The number of carbonyl (C=O) groups excluding carboxylic acids is 1. The number of hydrogen-bond acceptors (Lipinski definition) is 3. The number of amides is 1. The maximum absolute atomic E-state index is 12.7. The van der Waals surface area contributed by atoms with Crippen molar-refractivity contribution >= 4 is 5.91 Å². The van der Waals surface area contributed by atoms with Gasteiger partial charge in [0, 0.05) is 31.2 Å². The van der Waals surface area contributed by atoms with E-state index in [0.717, 1.165) is 38.2 Å². The van der Waals surface area contributed by atoms with E-state index in [1.165, 1.54) is 11.1 Å². The summed E-state index contributed by atoms with van der Waals surface area (Å²) in [6.07, 6.45) is 1.06. The Morgan fingerprint density at radius 1 is 1.29 bits per heavy atom. The molecule has 1 N–H and O–H groups in total. The maximum Gasteiger partial charge on any atom is 0.253 e. The molecule has 0 radical (unpaired) electrons. The highest BCUT2D eigenvalue weighted by Gasteiger charge is 2.34. The van der Waals surface area contributed by atoms with Gasteiger partial charge in [0.15, 0.2) is 0 Å². The fraction of sp³-hybridized carbons (Fsp3) is 0.588. The fourth-order valence-corrected chi connectivity index (χ4v) is 3.58. The van der Waals surface area contributed by atoms with Crippen molar-refractivity contribution in [1.29, 1.82) is 0 Å². The lowest BCUT2D eigenvalue weighted by Crippen LogP contribution is -2.35. The molecule has 0 spiro atoms. The zero-order valence-electron chi connectivity index (χ0n) is 13.2. The molecule has 2 aliphatic heterocycles. The van der Waals surface area contributed by atoms with Gasteiger partial charge in [-0.3, -0.25) is 4.79 Å². The number of fused-ring (bicyclic) bond motifs is 1. The Balaban J connectivity index is 1.77. The Hall–Kier alpha value is -1.39. The first-order chi connectivity index (χ1) is 10.1. The van der Waals surface area contributed by atoms with Crippen LogP contribution in [-0.2, 0) is 13.0 Å². The molecule has 1 amide bonds. The van der Waals surface area contributed by atoms with Gasteiger partial charge in [-0.25, -0.2) is 0 Å². The Morgan fingerprint density at radius 2 is 2.10 bits per heavy atom. The largest absolute Gasteiger partial charge is 0.337 e. The molecule has 0 aromatic heterocycles. The molecule has 114 valence electrons. The number of likely N-dealkylation sites (N-methyl/N-ethyl adjacent to an activating group) is 1. The quantitative estimate of drug-likeness (QED) is 0.892. The van der Waals surface area contributed by atoms with Crippen LogP contribution in [0.4, 0.5) is 0 Å². The fourth-order valence-electron chi connectivity index (χ4n) is 3.58. The van der Waals surface area contributed by atoms with Crippen LogP contribution < -0.4 is 5.32 Å². The van der Waals surface area contributed by atoms with Gasteiger partial charge in [0.05, 0.1) is 0 Å². The second-order valence-corrected chi connectivity index (χ2v) is 6.63. The number of nitrogens with zero attached hydrogens (tertiary/aromatic N) is 2. The van der Waals surface area contributed by atoms with Crippen molar-refractivity contribution in [3.8, 4) is 0 Å². The van der Waals surface area contributed by atoms with E-state index in [2.05, 4.69) is 43.4 Å². The molecule has 1 aromatic rings. The highest BCUT2D eigenvalue weighted by molar-refractivity contribution is 5.94. The maximum atomic E-state index is 12.7. The highest BCUT2D eigenvalue weighted by atomic mass is 16.2. The van der Waals surface area contributed by atoms with Crippen molar-refractivity contribution in [2.75, 3.05) is 33.7 Å². The molecule has 1 saturated heterocycles. The van der Waals surface area contributed by atoms with E-state index in [0.29, 0.717) is 12.0 Å². The van der Waals surface area contributed by atoms with Crippen molar-refractivity contribution in [1.82, 2.24) is 15.1 Å². The average molecular weight is 287 g/mol. The molecule has 3 rings (SSSR count). The van der Waals surface area contributed by atoms with Gasteiger partial charge in [-0.15, -0.1) is 0 Å². The zero-order valence-corrected chi connectivity index (χ0v) is 13.2. The van der Waals surface area contributed by atoms with Crippen LogP contribution >= 0.6 is 0 Å².